The highest BCUT2D eigenvalue weighted by atomic mass is 35.5. The molecule has 1 heterocycles. The fourth-order valence-corrected chi connectivity index (χ4v) is 2.70. The van der Waals surface area contributed by atoms with E-state index in [0.717, 1.165) is 37.5 Å². The topological polar surface area (TPSA) is 32.3 Å². The van der Waals surface area contributed by atoms with Gasteiger partial charge in [0, 0.05) is 24.7 Å². The summed E-state index contributed by atoms with van der Waals surface area (Å²) < 4.78 is 0. The molecular weight excluding hydrogens is 272 g/mol. The van der Waals surface area contributed by atoms with Crippen LogP contribution in [0.25, 0.3) is 0 Å². The molecule has 0 radical (unpaired) electrons. The Bertz CT molecular complexity index is 458. The fourth-order valence-electron chi connectivity index (χ4n) is 2.58. The van der Waals surface area contributed by atoms with Crippen LogP contribution in [0.4, 0.5) is 0 Å². The maximum absolute atomic E-state index is 12.0. The van der Waals surface area contributed by atoms with Crippen LogP contribution < -0.4 is 5.32 Å². The molecule has 1 N–H and O–H groups in total. The highest BCUT2D eigenvalue weighted by molar-refractivity contribution is 6.30. The van der Waals surface area contributed by atoms with Crippen LogP contribution in [0.15, 0.2) is 36.9 Å². The van der Waals surface area contributed by atoms with Crippen molar-refractivity contribution in [1.29, 1.82) is 0 Å². The molecule has 1 saturated heterocycles. The number of likely N-dealkylation sites (tertiary alicyclic amines) is 1. The summed E-state index contributed by atoms with van der Waals surface area (Å²) in [7, 11) is 0. The van der Waals surface area contributed by atoms with E-state index in [1.807, 2.05) is 24.3 Å². The third-order valence-corrected chi connectivity index (χ3v) is 3.87. The van der Waals surface area contributed by atoms with E-state index in [0.29, 0.717) is 6.54 Å². The first-order valence-electron chi connectivity index (χ1n) is 7.04. The van der Waals surface area contributed by atoms with Gasteiger partial charge < -0.3 is 5.32 Å². The highest BCUT2D eigenvalue weighted by Gasteiger charge is 2.25. The molecule has 0 aromatic heterocycles. The quantitative estimate of drug-likeness (QED) is 0.847. The summed E-state index contributed by atoms with van der Waals surface area (Å²) in [6.07, 6.45) is 3.76. The normalized spacial score (nSPS) is 19.6. The lowest BCUT2D eigenvalue weighted by atomic mass is 9.96. The third kappa shape index (κ3) is 4.36. The van der Waals surface area contributed by atoms with E-state index >= 15 is 0 Å². The van der Waals surface area contributed by atoms with Gasteiger partial charge in [-0.2, -0.15) is 0 Å². The molecule has 20 heavy (non-hydrogen) atoms. The number of halogens is 1. The number of benzene rings is 1. The zero-order valence-electron chi connectivity index (χ0n) is 11.6. The monoisotopic (exact) mass is 292 g/mol. The van der Waals surface area contributed by atoms with Crippen molar-refractivity contribution in [2.75, 3.05) is 19.6 Å². The maximum atomic E-state index is 12.0. The van der Waals surface area contributed by atoms with E-state index in [4.69, 9.17) is 11.6 Å². The van der Waals surface area contributed by atoms with Crippen LogP contribution in [-0.4, -0.2) is 30.4 Å². The number of carbonyl (C=O) groups excluding carboxylic acids is 1. The van der Waals surface area contributed by atoms with E-state index in [2.05, 4.69) is 16.8 Å². The maximum Gasteiger partial charge on any atom is 0.224 e. The van der Waals surface area contributed by atoms with Crippen LogP contribution in [0, 0.1) is 5.92 Å². The van der Waals surface area contributed by atoms with E-state index < -0.39 is 0 Å². The largest absolute Gasteiger partial charge is 0.352 e. The van der Waals surface area contributed by atoms with Gasteiger partial charge in [-0.25, -0.2) is 0 Å². The number of piperidine rings is 1. The van der Waals surface area contributed by atoms with Crippen molar-refractivity contribution in [3.05, 3.63) is 47.5 Å². The van der Waals surface area contributed by atoms with Crippen LogP contribution in [0.3, 0.4) is 0 Å². The summed E-state index contributed by atoms with van der Waals surface area (Å²) in [6, 6.07) is 7.91. The fraction of sp³-hybridized carbons (Fsp3) is 0.438. The Balaban J connectivity index is 1.88. The molecule has 1 atom stereocenters. The first-order chi connectivity index (χ1) is 9.69. The van der Waals surface area contributed by atoms with Crippen LogP contribution >= 0.6 is 11.6 Å². The Morgan fingerprint density at radius 1 is 1.45 bits per heavy atom. The Hall–Kier alpha value is -1.32. The zero-order chi connectivity index (χ0) is 14.4. The SMILES string of the molecule is C=CCNC(=O)[C@@H]1CCCN(Cc2ccc(Cl)cc2)C1. The zero-order valence-corrected chi connectivity index (χ0v) is 12.4. The number of rotatable bonds is 5. The lowest BCUT2D eigenvalue weighted by Crippen LogP contribution is -2.42. The number of nitrogens with one attached hydrogen (secondary N) is 1. The first-order valence-corrected chi connectivity index (χ1v) is 7.42. The van der Waals surface area contributed by atoms with Gasteiger partial charge in [0.2, 0.25) is 5.91 Å². The van der Waals surface area contributed by atoms with Crippen molar-refractivity contribution in [2.45, 2.75) is 19.4 Å². The summed E-state index contributed by atoms with van der Waals surface area (Å²) in [4.78, 5) is 14.3. The predicted molar refractivity (Wildman–Crippen MR) is 82.7 cm³/mol. The van der Waals surface area contributed by atoms with Crippen molar-refractivity contribution >= 4 is 17.5 Å². The van der Waals surface area contributed by atoms with Gasteiger partial charge >= 0.3 is 0 Å². The first kappa shape index (κ1) is 15.1. The predicted octanol–water partition coefficient (Wildman–Crippen LogP) is 2.85. The molecule has 1 amide bonds. The second-order valence-corrected chi connectivity index (χ2v) is 5.67. The molecule has 1 aliphatic rings. The van der Waals surface area contributed by atoms with Crippen molar-refractivity contribution in [1.82, 2.24) is 10.2 Å². The van der Waals surface area contributed by atoms with Gasteiger partial charge in [-0.05, 0) is 37.1 Å². The lowest BCUT2D eigenvalue weighted by molar-refractivity contribution is -0.126. The van der Waals surface area contributed by atoms with Crippen molar-refractivity contribution in [3.8, 4) is 0 Å². The Morgan fingerprint density at radius 2 is 2.20 bits per heavy atom. The Labute approximate surface area is 125 Å². The minimum Gasteiger partial charge on any atom is -0.352 e. The van der Waals surface area contributed by atoms with Gasteiger partial charge in [0.05, 0.1) is 5.92 Å². The lowest BCUT2D eigenvalue weighted by Gasteiger charge is -2.32. The summed E-state index contributed by atoms with van der Waals surface area (Å²) in [5, 5.41) is 3.65. The van der Waals surface area contributed by atoms with Crippen molar-refractivity contribution in [2.24, 2.45) is 5.92 Å². The molecular formula is C16H21ClN2O. The molecule has 0 unspecified atom stereocenters. The molecule has 108 valence electrons. The van der Waals surface area contributed by atoms with Crippen LogP contribution in [0.2, 0.25) is 5.02 Å². The molecule has 1 aliphatic heterocycles. The van der Waals surface area contributed by atoms with Gasteiger partial charge in [0.1, 0.15) is 0 Å². The molecule has 0 aliphatic carbocycles. The number of nitrogens with zero attached hydrogens (tertiary/aromatic N) is 1. The second kappa shape index (κ2) is 7.46. The third-order valence-electron chi connectivity index (χ3n) is 3.62. The van der Waals surface area contributed by atoms with E-state index in [-0.39, 0.29) is 11.8 Å². The smallest absolute Gasteiger partial charge is 0.224 e. The average molecular weight is 293 g/mol. The van der Waals surface area contributed by atoms with Gasteiger partial charge in [0.25, 0.3) is 0 Å². The molecule has 1 aromatic carbocycles. The van der Waals surface area contributed by atoms with Gasteiger partial charge in [-0.3, -0.25) is 9.69 Å². The van der Waals surface area contributed by atoms with E-state index in [1.54, 1.807) is 6.08 Å². The average Bonchev–Trinajstić information content (AvgIpc) is 2.47. The number of hydrogen-bond acceptors (Lipinski definition) is 2. The molecule has 1 aromatic rings. The molecule has 0 bridgehead atoms. The summed E-state index contributed by atoms with van der Waals surface area (Å²) in [5.41, 5.74) is 1.24. The molecule has 4 heteroatoms. The Kier molecular flexibility index (Phi) is 5.62. The summed E-state index contributed by atoms with van der Waals surface area (Å²) in [5.74, 6) is 0.238. The van der Waals surface area contributed by atoms with Gasteiger partial charge in [-0.1, -0.05) is 29.8 Å². The van der Waals surface area contributed by atoms with Crippen molar-refractivity contribution in [3.63, 3.8) is 0 Å². The van der Waals surface area contributed by atoms with Crippen LogP contribution in [0.5, 0.6) is 0 Å². The van der Waals surface area contributed by atoms with Gasteiger partial charge in [-0.15, -0.1) is 6.58 Å². The van der Waals surface area contributed by atoms with Crippen molar-refractivity contribution < 1.29 is 4.79 Å². The number of carbonyl (C=O) groups is 1. The van der Waals surface area contributed by atoms with Crippen LogP contribution in [-0.2, 0) is 11.3 Å². The molecule has 1 fully saturated rings. The Morgan fingerprint density at radius 3 is 2.90 bits per heavy atom. The molecule has 3 nitrogen and oxygen atoms in total. The minimum absolute atomic E-state index is 0.0935. The standard InChI is InChI=1S/C16H21ClN2O/c1-2-9-18-16(20)14-4-3-10-19(12-14)11-13-5-7-15(17)8-6-13/h2,5-8,14H,1,3-4,9-12H2,(H,18,20)/t14-/m1/s1. The van der Waals surface area contributed by atoms with Crippen LogP contribution in [0.1, 0.15) is 18.4 Å². The second-order valence-electron chi connectivity index (χ2n) is 5.23. The molecule has 0 saturated carbocycles. The van der Waals surface area contributed by atoms with E-state index in [1.165, 1.54) is 5.56 Å². The summed E-state index contributed by atoms with van der Waals surface area (Å²) >= 11 is 5.89. The molecule has 0 spiro atoms. The number of amides is 1. The molecule has 2 rings (SSSR count). The highest BCUT2D eigenvalue weighted by Crippen LogP contribution is 2.19. The minimum atomic E-state index is 0.0935. The van der Waals surface area contributed by atoms with E-state index in [9.17, 15) is 4.79 Å². The number of hydrogen-bond donors (Lipinski definition) is 1. The summed E-state index contributed by atoms with van der Waals surface area (Å²) in [6.45, 7) is 6.92. The van der Waals surface area contributed by atoms with Gasteiger partial charge in [0.15, 0.2) is 0 Å².